The minimum atomic E-state index is -0.868. The molecule has 100 valence electrons. The number of piperazine rings is 1. The Morgan fingerprint density at radius 3 is 2.47 bits per heavy atom. The minimum absolute atomic E-state index is 0.00889. The molecule has 1 fully saturated rings. The first-order valence-electron chi connectivity index (χ1n) is 6.22. The maximum absolute atomic E-state index is 12.1. The van der Waals surface area contributed by atoms with Gasteiger partial charge < -0.3 is 15.7 Å². The van der Waals surface area contributed by atoms with Crippen molar-refractivity contribution in [1.82, 2.24) is 9.80 Å². The molecule has 0 aliphatic carbocycles. The van der Waals surface area contributed by atoms with Crippen molar-refractivity contribution in [3.05, 3.63) is 0 Å². The molecule has 0 aromatic carbocycles. The summed E-state index contributed by atoms with van der Waals surface area (Å²) in [5, 5.41) is 9.41. The molecule has 0 aromatic rings. The molecule has 17 heavy (non-hydrogen) atoms. The van der Waals surface area contributed by atoms with Crippen LogP contribution in [0.5, 0.6) is 0 Å². The van der Waals surface area contributed by atoms with E-state index in [1.165, 1.54) is 0 Å². The summed E-state index contributed by atoms with van der Waals surface area (Å²) < 4.78 is 0. The second-order valence-electron chi connectivity index (χ2n) is 5.65. The monoisotopic (exact) mass is 243 g/mol. The van der Waals surface area contributed by atoms with Crippen LogP contribution in [-0.4, -0.2) is 64.7 Å². The Kier molecular flexibility index (Phi) is 4.52. The van der Waals surface area contributed by atoms with Gasteiger partial charge in [0.15, 0.2) is 0 Å². The highest BCUT2D eigenvalue weighted by atomic mass is 16.3. The van der Waals surface area contributed by atoms with Crippen LogP contribution in [-0.2, 0) is 4.79 Å². The summed E-state index contributed by atoms with van der Waals surface area (Å²) in [6.07, 6.45) is 0. The van der Waals surface area contributed by atoms with Crippen molar-refractivity contribution < 1.29 is 9.90 Å². The molecule has 1 rings (SSSR count). The smallest absolute Gasteiger partial charge is 0.242 e. The van der Waals surface area contributed by atoms with Gasteiger partial charge in [-0.1, -0.05) is 0 Å². The molecule has 0 saturated carbocycles. The van der Waals surface area contributed by atoms with Gasteiger partial charge in [-0.15, -0.1) is 0 Å². The molecule has 1 heterocycles. The van der Waals surface area contributed by atoms with Crippen molar-refractivity contribution in [1.29, 1.82) is 0 Å². The number of aliphatic hydroxyl groups is 1. The van der Waals surface area contributed by atoms with Gasteiger partial charge in [-0.25, -0.2) is 0 Å². The first-order chi connectivity index (χ1) is 7.77. The Morgan fingerprint density at radius 2 is 2.06 bits per heavy atom. The van der Waals surface area contributed by atoms with E-state index in [1.54, 1.807) is 18.7 Å². The maximum atomic E-state index is 12.1. The Balaban J connectivity index is 2.73. The maximum Gasteiger partial charge on any atom is 0.242 e. The van der Waals surface area contributed by atoms with Crippen LogP contribution in [0.25, 0.3) is 0 Å². The van der Waals surface area contributed by atoms with Crippen LogP contribution in [0.1, 0.15) is 27.7 Å². The number of nitrogens with zero attached hydrogens (tertiary/aromatic N) is 2. The zero-order valence-electron chi connectivity index (χ0n) is 11.3. The summed E-state index contributed by atoms with van der Waals surface area (Å²) in [5.41, 5.74) is 4.97. The molecule has 0 spiro atoms. The molecule has 5 nitrogen and oxygen atoms in total. The van der Waals surface area contributed by atoms with E-state index >= 15 is 0 Å². The van der Waals surface area contributed by atoms with E-state index in [9.17, 15) is 9.90 Å². The molecule has 1 atom stereocenters. The quantitative estimate of drug-likeness (QED) is 0.710. The Bertz CT molecular complexity index is 273. The largest absolute Gasteiger partial charge is 0.394 e. The van der Waals surface area contributed by atoms with Gasteiger partial charge in [0.25, 0.3) is 0 Å². The standard InChI is InChI=1S/C12H25N3O2/c1-9(2)14-5-6-15(10(7-14)8-16)11(17)12(3,4)13/h9-10,16H,5-8,13H2,1-4H3. The molecule has 1 amide bonds. The van der Waals surface area contributed by atoms with Gasteiger partial charge in [0.2, 0.25) is 5.91 Å². The van der Waals surface area contributed by atoms with Crippen molar-refractivity contribution >= 4 is 5.91 Å². The SMILES string of the molecule is CC(C)N1CCN(C(=O)C(C)(C)N)C(CO)C1. The van der Waals surface area contributed by atoms with Crippen LogP contribution in [0.2, 0.25) is 0 Å². The fourth-order valence-corrected chi connectivity index (χ4v) is 2.14. The topological polar surface area (TPSA) is 69.8 Å². The predicted molar refractivity (Wildman–Crippen MR) is 67.6 cm³/mol. The lowest BCUT2D eigenvalue weighted by Crippen LogP contribution is -2.63. The lowest BCUT2D eigenvalue weighted by molar-refractivity contribution is -0.142. The number of aliphatic hydroxyl groups excluding tert-OH is 1. The molecule has 0 aromatic heterocycles. The summed E-state index contributed by atoms with van der Waals surface area (Å²) in [5.74, 6) is -0.0834. The molecule has 1 unspecified atom stereocenters. The predicted octanol–water partition coefficient (Wildman–Crippen LogP) is -0.363. The molecule has 0 bridgehead atoms. The summed E-state index contributed by atoms with van der Waals surface area (Å²) >= 11 is 0. The Hall–Kier alpha value is -0.650. The van der Waals surface area contributed by atoms with Crippen LogP contribution in [0, 0.1) is 0 Å². The number of carbonyl (C=O) groups is 1. The van der Waals surface area contributed by atoms with E-state index in [0.717, 1.165) is 13.1 Å². The van der Waals surface area contributed by atoms with Gasteiger partial charge in [-0.05, 0) is 27.7 Å². The lowest BCUT2D eigenvalue weighted by atomic mass is 10.0. The first kappa shape index (κ1) is 14.4. The van der Waals surface area contributed by atoms with E-state index in [1.807, 2.05) is 0 Å². The van der Waals surface area contributed by atoms with Crippen molar-refractivity contribution in [2.75, 3.05) is 26.2 Å². The Labute approximate surface area is 104 Å². The van der Waals surface area contributed by atoms with Crippen LogP contribution in [0.15, 0.2) is 0 Å². The minimum Gasteiger partial charge on any atom is -0.394 e. The highest BCUT2D eigenvalue weighted by molar-refractivity contribution is 5.85. The molecular weight excluding hydrogens is 218 g/mol. The number of amides is 1. The van der Waals surface area contributed by atoms with E-state index in [2.05, 4.69) is 18.7 Å². The second-order valence-corrected chi connectivity index (χ2v) is 5.65. The van der Waals surface area contributed by atoms with Gasteiger partial charge in [0.1, 0.15) is 0 Å². The Morgan fingerprint density at radius 1 is 1.47 bits per heavy atom. The lowest BCUT2D eigenvalue weighted by Gasteiger charge is -2.44. The first-order valence-corrected chi connectivity index (χ1v) is 6.22. The van der Waals surface area contributed by atoms with Gasteiger partial charge in [0, 0.05) is 25.7 Å². The van der Waals surface area contributed by atoms with E-state index in [4.69, 9.17) is 5.73 Å². The van der Waals surface area contributed by atoms with Crippen molar-refractivity contribution in [2.45, 2.75) is 45.3 Å². The molecule has 5 heteroatoms. The van der Waals surface area contributed by atoms with Gasteiger partial charge in [-0.3, -0.25) is 9.69 Å². The van der Waals surface area contributed by atoms with Crippen molar-refractivity contribution in [3.63, 3.8) is 0 Å². The highest BCUT2D eigenvalue weighted by Gasteiger charge is 2.36. The van der Waals surface area contributed by atoms with E-state index in [0.29, 0.717) is 12.6 Å². The zero-order valence-corrected chi connectivity index (χ0v) is 11.3. The number of hydrogen-bond acceptors (Lipinski definition) is 4. The number of rotatable bonds is 3. The summed E-state index contributed by atoms with van der Waals surface area (Å²) in [6.45, 7) is 9.86. The summed E-state index contributed by atoms with van der Waals surface area (Å²) in [6, 6.07) is 0.300. The average Bonchev–Trinajstić information content (AvgIpc) is 2.25. The van der Waals surface area contributed by atoms with Crippen LogP contribution >= 0.6 is 0 Å². The third kappa shape index (κ3) is 3.40. The second kappa shape index (κ2) is 5.33. The van der Waals surface area contributed by atoms with Crippen LogP contribution < -0.4 is 5.73 Å². The normalized spacial score (nSPS) is 23.2. The fraction of sp³-hybridized carbons (Fsp3) is 0.917. The van der Waals surface area contributed by atoms with Gasteiger partial charge >= 0.3 is 0 Å². The summed E-state index contributed by atoms with van der Waals surface area (Å²) in [7, 11) is 0. The van der Waals surface area contributed by atoms with Gasteiger partial charge in [-0.2, -0.15) is 0 Å². The third-order valence-corrected chi connectivity index (χ3v) is 3.27. The van der Waals surface area contributed by atoms with E-state index < -0.39 is 5.54 Å². The van der Waals surface area contributed by atoms with E-state index in [-0.39, 0.29) is 18.6 Å². The summed E-state index contributed by atoms with van der Waals surface area (Å²) in [4.78, 5) is 16.1. The molecule has 3 N–H and O–H groups in total. The third-order valence-electron chi connectivity index (χ3n) is 3.27. The molecule has 1 aliphatic rings. The molecular formula is C12H25N3O2. The van der Waals surface area contributed by atoms with Crippen molar-refractivity contribution in [3.8, 4) is 0 Å². The van der Waals surface area contributed by atoms with Crippen LogP contribution in [0.3, 0.4) is 0 Å². The molecule has 0 radical (unpaired) electrons. The molecule has 1 aliphatic heterocycles. The average molecular weight is 243 g/mol. The van der Waals surface area contributed by atoms with Gasteiger partial charge in [0.05, 0.1) is 18.2 Å². The number of carbonyl (C=O) groups excluding carboxylic acids is 1. The van der Waals surface area contributed by atoms with Crippen molar-refractivity contribution in [2.24, 2.45) is 5.73 Å². The van der Waals surface area contributed by atoms with Crippen LogP contribution in [0.4, 0.5) is 0 Å². The highest BCUT2D eigenvalue weighted by Crippen LogP contribution is 2.16. The number of nitrogens with two attached hydrogens (primary N) is 1. The molecule has 1 saturated heterocycles. The number of hydrogen-bond donors (Lipinski definition) is 2. The fourth-order valence-electron chi connectivity index (χ4n) is 2.14. The zero-order chi connectivity index (χ0) is 13.2.